The van der Waals surface area contributed by atoms with Gasteiger partial charge in [0.2, 0.25) is 0 Å². The standard InChI is InChI=1S/C15H24O4/c1-5-13(16)14(17)8-10(2)12-9-11(18-3)6-7-15(12)19-4/h6-7,9-10,13-14,16-17H,5,8H2,1-4H3. The summed E-state index contributed by atoms with van der Waals surface area (Å²) in [4.78, 5) is 0. The Hall–Kier alpha value is -1.26. The van der Waals surface area contributed by atoms with Crippen LogP contribution in [0.5, 0.6) is 11.5 Å². The van der Waals surface area contributed by atoms with Crippen molar-refractivity contribution in [1.29, 1.82) is 0 Å². The maximum Gasteiger partial charge on any atom is 0.122 e. The highest BCUT2D eigenvalue weighted by atomic mass is 16.5. The lowest BCUT2D eigenvalue weighted by atomic mass is 9.91. The van der Waals surface area contributed by atoms with Gasteiger partial charge in [0.05, 0.1) is 26.4 Å². The van der Waals surface area contributed by atoms with Crippen LogP contribution in [0, 0.1) is 0 Å². The van der Waals surface area contributed by atoms with Gasteiger partial charge in [0, 0.05) is 5.56 Å². The lowest BCUT2D eigenvalue weighted by Gasteiger charge is -2.22. The van der Waals surface area contributed by atoms with Crippen LogP contribution >= 0.6 is 0 Å². The number of hydrogen-bond donors (Lipinski definition) is 2. The molecule has 1 rings (SSSR count). The highest BCUT2D eigenvalue weighted by molar-refractivity contribution is 5.42. The molecule has 0 aliphatic heterocycles. The molecule has 1 aromatic carbocycles. The Balaban J connectivity index is 2.88. The summed E-state index contributed by atoms with van der Waals surface area (Å²) in [5.74, 6) is 1.60. The van der Waals surface area contributed by atoms with Crippen LogP contribution in [-0.2, 0) is 0 Å². The monoisotopic (exact) mass is 268 g/mol. The van der Waals surface area contributed by atoms with Gasteiger partial charge in [0.15, 0.2) is 0 Å². The highest BCUT2D eigenvalue weighted by Crippen LogP contribution is 2.33. The summed E-state index contributed by atoms with van der Waals surface area (Å²) in [6.07, 6.45) is -0.378. The number of rotatable bonds is 7. The molecule has 0 spiro atoms. The number of methoxy groups -OCH3 is 2. The van der Waals surface area contributed by atoms with Crippen LogP contribution in [-0.4, -0.2) is 36.6 Å². The largest absolute Gasteiger partial charge is 0.497 e. The van der Waals surface area contributed by atoms with Crippen molar-refractivity contribution in [2.24, 2.45) is 0 Å². The molecule has 0 saturated carbocycles. The molecular weight excluding hydrogens is 244 g/mol. The first-order valence-electron chi connectivity index (χ1n) is 6.61. The van der Waals surface area contributed by atoms with Crippen molar-refractivity contribution in [2.45, 2.75) is 44.8 Å². The Morgan fingerprint density at radius 1 is 1.11 bits per heavy atom. The number of benzene rings is 1. The van der Waals surface area contributed by atoms with E-state index in [-0.39, 0.29) is 5.92 Å². The first-order chi connectivity index (χ1) is 9.03. The van der Waals surface area contributed by atoms with Crippen LogP contribution in [0.1, 0.15) is 38.2 Å². The minimum atomic E-state index is -0.726. The summed E-state index contributed by atoms with van der Waals surface area (Å²) in [6.45, 7) is 3.85. The van der Waals surface area contributed by atoms with Gasteiger partial charge < -0.3 is 19.7 Å². The molecule has 3 unspecified atom stereocenters. The molecule has 0 aliphatic carbocycles. The van der Waals surface area contributed by atoms with Gasteiger partial charge in [-0.15, -0.1) is 0 Å². The zero-order valence-electron chi connectivity index (χ0n) is 12.1. The number of hydrogen-bond acceptors (Lipinski definition) is 4. The third-order valence-corrected chi connectivity index (χ3v) is 3.43. The smallest absolute Gasteiger partial charge is 0.122 e. The third kappa shape index (κ3) is 4.11. The molecule has 1 aromatic rings. The second kappa shape index (κ2) is 7.36. The van der Waals surface area contributed by atoms with Crippen molar-refractivity contribution < 1.29 is 19.7 Å². The van der Waals surface area contributed by atoms with Crippen molar-refractivity contribution in [1.82, 2.24) is 0 Å². The van der Waals surface area contributed by atoms with Gasteiger partial charge in [-0.05, 0) is 37.0 Å². The summed E-state index contributed by atoms with van der Waals surface area (Å²) < 4.78 is 10.5. The van der Waals surface area contributed by atoms with Crippen LogP contribution in [0.25, 0.3) is 0 Å². The molecule has 2 N–H and O–H groups in total. The van der Waals surface area contributed by atoms with Gasteiger partial charge in [-0.3, -0.25) is 0 Å². The average Bonchev–Trinajstić information content (AvgIpc) is 2.45. The summed E-state index contributed by atoms with van der Waals surface area (Å²) in [5.41, 5.74) is 0.976. The highest BCUT2D eigenvalue weighted by Gasteiger charge is 2.21. The molecule has 4 nitrogen and oxygen atoms in total. The molecule has 0 fully saturated rings. The first-order valence-corrected chi connectivity index (χ1v) is 6.61. The van der Waals surface area contributed by atoms with Crippen molar-refractivity contribution in [3.05, 3.63) is 23.8 Å². The van der Waals surface area contributed by atoms with Crippen molar-refractivity contribution in [3.8, 4) is 11.5 Å². The predicted molar refractivity (Wildman–Crippen MR) is 74.9 cm³/mol. The second-order valence-electron chi connectivity index (χ2n) is 4.79. The molecule has 0 bridgehead atoms. The molecule has 0 radical (unpaired) electrons. The molecule has 4 heteroatoms. The van der Waals surface area contributed by atoms with E-state index in [9.17, 15) is 10.2 Å². The molecule has 0 saturated heterocycles. The Bertz CT molecular complexity index is 392. The van der Waals surface area contributed by atoms with Crippen molar-refractivity contribution >= 4 is 0 Å². The van der Waals surface area contributed by atoms with E-state index in [1.54, 1.807) is 14.2 Å². The third-order valence-electron chi connectivity index (χ3n) is 3.43. The van der Waals surface area contributed by atoms with Crippen LogP contribution in [0.15, 0.2) is 18.2 Å². The van der Waals surface area contributed by atoms with Crippen LogP contribution in [0.4, 0.5) is 0 Å². The fourth-order valence-corrected chi connectivity index (χ4v) is 2.14. The van der Waals surface area contributed by atoms with Gasteiger partial charge in [-0.2, -0.15) is 0 Å². The summed E-state index contributed by atoms with van der Waals surface area (Å²) in [6, 6.07) is 5.61. The molecule has 0 aromatic heterocycles. The van der Waals surface area contributed by atoms with E-state index >= 15 is 0 Å². The fourth-order valence-electron chi connectivity index (χ4n) is 2.14. The van der Waals surface area contributed by atoms with Gasteiger partial charge in [0.1, 0.15) is 11.5 Å². The molecule has 108 valence electrons. The Morgan fingerprint density at radius 3 is 2.32 bits per heavy atom. The van der Waals surface area contributed by atoms with E-state index in [2.05, 4.69) is 0 Å². The molecule has 19 heavy (non-hydrogen) atoms. The first kappa shape index (κ1) is 15.8. The molecule has 0 aliphatic rings. The van der Waals surface area contributed by atoms with E-state index in [1.807, 2.05) is 32.0 Å². The maximum absolute atomic E-state index is 9.92. The topological polar surface area (TPSA) is 58.9 Å². The lowest BCUT2D eigenvalue weighted by Crippen LogP contribution is -2.26. The van der Waals surface area contributed by atoms with Crippen LogP contribution < -0.4 is 9.47 Å². The Kier molecular flexibility index (Phi) is 6.12. The average molecular weight is 268 g/mol. The molecule has 0 heterocycles. The molecule has 0 amide bonds. The molecular formula is C15H24O4. The van der Waals surface area contributed by atoms with E-state index in [0.717, 1.165) is 17.1 Å². The summed E-state index contributed by atoms with van der Waals surface area (Å²) in [7, 11) is 3.24. The summed E-state index contributed by atoms with van der Waals surface area (Å²) in [5, 5.41) is 19.6. The minimum Gasteiger partial charge on any atom is -0.497 e. The minimum absolute atomic E-state index is 0.0706. The van der Waals surface area contributed by atoms with Crippen molar-refractivity contribution in [2.75, 3.05) is 14.2 Å². The number of aliphatic hydroxyl groups excluding tert-OH is 2. The maximum atomic E-state index is 9.92. The lowest BCUT2D eigenvalue weighted by molar-refractivity contribution is 0.00943. The van der Waals surface area contributed by atoms with Gasteiger partial charge in [-0.25, -0.2) is 0 Å². The van der Waals surface area contributed by atoms with Crippen molar-refractivity contribution in [3.63, 3.8) is 0 Å². The van der Waals surface area contributed by atoms with E-state index in [1.165, 1.54) is 0 Å². The fraction of sp³-hybridized carbons (Fsp3) is 0.600. The number of aliphatic hydroxyl groups is 2. The van der Waals surface area contributed by atoms with Gasteiger partial charge in [0.25, 0.3) is 0 Å². The Morgan fingerprint density at radius 2 is 1.79 bits per heavy atom. The van der Waals surface area contributed by atoms with E-state index in [4.69, 9.17) is 9.47 Å². The zero-order chi connectivity index (χ0) is 14.4. The molecule has 3 atom stereocenters. The Labute approximate surface area is 115 Å². The SMILES string of the molecule is CCC(O)C(O)CC(C)c1cc(OC)ccc1OC. The van der Waals surface area contributed by atoms with E-state index in [0.29, 0.717) is 12.8 Å². The predicted octanol–water partition coefficient (Wildman–Crippen LogP) is 2.33. The van der Waals surface area contributed by atoms with Crippen LogP contribution in [0.2, 0.25) is 0 Å². The van der Waals surface area contributed by atoms with E-state index < -0.39 is 12.2 Å². The van der Waals surface area contributed by atoms with Crippen LogP contribution in [0.3, 0.4) is 0 Å². The second-order valence-corrected chi connectivity index (χ2v) is 4.79. The normalized spacial score (nSPS) is 15.7. The zero-order valence-corrected chi connectivity index (χ0v) is 12.1. The van der Waals surface area contributed by atoms with Gasteiger partial charge >= 0.3 is 0 Å². The quantitative estimate of drug-likeness (QED) is 0.797. The van der Waals surface area contributed by atoms with Gasteiger partial charge in [-0.1, -0.05) is 13.8 Å². The summed E-state index contributed by atoms with van der Waals surface area (Å²) >= 11 is 0. The number of ether oxygens (including phenoxy) is 2.